The molecule has 1 N–H and O–H groups in total. The van der Waals surface area contributed by atoms with Crippen molar-refractivity contribution in [1.82, 2.24) is 4.72 Å². The monoisotopic (exact) mass is 297 g/mol. The standard InChI is InChI=1S/C15H23NO3S/c1-11-6-4-5-7-14(11)16-20(17,18)13-8-9-15(19-3)12(2)10-13/h8-11,14,16H,4-7H2,1-3H3/t11-,14-/m0/s1. The van der Waals surface area contributed by atoms with Crippen molar-refractivity contribution in [3.8, 4) is 5.75 Å². The van der Waals surface area contributed by atoms with Gasteiger partial charge in [0.2, 0.25) is 10.0 Å². The summed E-state index contributed by atoms with van der Waals surface area (Å²) in [5.41, 5.74) is 0.826. The Balaban J connectivity index is 2.19. The molecule has 0 aromatic heterocycles. The van der Waals surface area contributed by atoms with Crippen LogP contribution in [0.4, 0.5) is 0 Å². The number of hydrogen-bond acceptors (Lipinski definition) is 3. The van der Waals surface area contributed by atoms with E-state index in [-0.39, 0.29) is 6.04 Å². The summed E-state index contributed by atoms with van der Waals surface area (Å²) in [7, 11) is -1.86. The average Bonchev–Trinajstić information content (AvgIpc) is 2.41. The average molecular weight is 297 g/mol. The van der Waals surface area contributed by atoms with E-state index >= 15 is 0 Å². The van der Waals surface area contributed by atoms with Crippen LogP contribution >= 0.6 is 0 Å². The Kier molecular flexibility index (Phi) is 4.70. The van der Waals surface area contributed by atoms with E-state index in [0.717, 1.165) is 24.8 Å². The molecule has 1 aromatic carbocycles. The largest absolute Gasteiger partial charge is 0.496 e. The fourth-order valence-electron chi connectivity index (χ4n) is 2.78. The first-order chi connectivity index (χ1) is 9.44. The van der Waals surface area contributed by atoms with Crippen molar-refractivity contribution in [3.05, 3.63) is 23.8 Å². The highest BCUT2D eigenvalue weighted by Crippen LogP contribution is 2.26. The van der Waals surface area contributed by atoms with Crippen molar-refractivity contribution in [2.45, 2.75) is 50.5 Å². The Morgan fingerprint density at radius 1 is 1.25 bits per heavy atom. The Hall–Kier alpha value is -1.07. The third kappa shape index (κ3) is 3.33. The zero-order valence-corrected chi connectivity index (χ0v) is 13.2. The van der Waals surface area contributed by atoms with E-state index in [1.54, 1.807) is 25.3 Å². The van der Waals surface area contributed by atoms with Gasteiger partial charge < -0.3 is 4.74 Å². The summed E-state index contributed by atoms with van der Waals surface area (Å²) >= 11 is 0. The summed E-state index contributed by atoms with van der Waals surface area (Å²) in [4.78, 5) is 0.313. The number of aryl methyl sites for hydroxylation is 1. The molecule has 0 amide bonds. The summed E-state index contributed by atoms with van der Waals surface area (Å²) in [5, 5.41) is 0. The molecule has 20 heavy (non-hydrogen) atoms. The van der Waals surface area contributed by atoms with Gasteiger partial charge in [-0.05, 0) is 49.4 Å². The third-order valence-electron chi connectivity index (χ3n) is 4.09. The van der Waals surface area contributed by atoms with E-state index in [9.17, 15) is 8.42 Å². The molecule has 0 heterocycles. The molecular formula is C15H23NO3S. The molecule has 0 saturated heterocycles. The van der Waals surface area contributed by atoms with E-state index in [4.69, 9.17) is 4.74 Å². The number of rotatable bonds is 4. The predicted octanol–water partition coefficient (Wildman–Crippen LogP) is 2.86. The maximum absolute atomic E-state index is 12.4. The third-order valence-corrected chi connectivity index (χ3v) is 5.58. The predicted molar refractivity (Wildman–Crippen MR) is 79.5 cm³/mol. The van der Waals surface area contributed by atoms with Gasteiger partial charge in [0.1, 0.15) is 5.75 Å². The highest BCUT2D eigenvalue weighted by atomic mass is 32.2. The first kappa shape index (κ1) is 15.3. The van der Waals surface area contributed by atoms with Crippen LogP contribution in [0.15, 0.2) is 23.1 Å². The Labute approximate surface area is 121 Å². The lowest BCUT2D eigenvalue weighted by atomic mass is 9.87. The lowest BCUT2D eigenvalue weighted by Crippen LogP contribution is -2.40. The van der Waals surface area contributed by atoms with E-state index in [2.05, 4.69) is 11.6 Å². The molecule has 2 rings (SSSR count). The molecule has 1 saturated carbocycles. The van der Waals surface area contributed by atoms with E-state index in [0.29, 0.717) is 16.6 Å². The first-order valence-corrected chi connectivity index (χ1v) is 8.59. The minimum Gasteiger partial charge on any atom is -0.496 e. The van der Waals surface area contributed by atoms with Gasteiger partial charge in [-0.1, -0.05) is 19.8 Å². The maximum Gasteiger partial charge on any atom is 0.240 e. The second-order valence-corrected chi connectivity index (χ2v) is 7.33. The van der Waals surface area contributed by atoms with Gasteiger partial charge in [0.15, 0.2) is 0 Å². The summed E-state index contributed by atoms with van der Waals surface area (Å²) < 4.78 is 32.9. The quantitative estimate of drug-likeness (QED) is 0.929. The second kappa shape index (κ2) is 6.14. The number of hydrogen-bond donors (Lipinski definition) is 1. The molecule has 0 unspecified atom stereocenters. The molecule has 0 radical (unpaired) electrons. The fraction of sp³-hybridized carbons (Fsp3) is 0.600. The van der Waals surface area contributed by atoms with Crippen LogP contribution in [0.1, 0.15) is 38.2 Å². The van der Waals surface area contributed by atoms with Gasteiger partial charge in [-0.25, -0.2) is 13.1 Å². The number of benzene rings is 1. The normalized spacial score (nSPS) is 23.6. The molecule has 5 heteroatoms. The SMILES string of the molecule is COc1ccc(S(=O)(=O)N[C@H]2CCCC[C@@H]2C)cc1C. The Morgan fingerprint density at radius 2 is 1.95 bits per heavy atom. The van der Waals surface area contributed by atoms with E-state index in [1.807, 2.05) is 6.92 Å². The van der Waals surface area contributed by atoms with E-state index < -0.39 is 10.0 Å². The van der Waals surface area contributed by atoms with Gasteiger partial charge in [-0.2, -0.15) is 0 Å². The topological polar surface area (TPSA) is 55.4 Å². The molecule has 1 aliphatic carbocycles. The molecule has 4 nitrogen and oxygen atoms in total. The van der Waals surface area contributed by atoms with Crippen molar-refractivity contribution in [1.29, 1.82) is 0 Å². The lowest BCUT2D eigenvalue weighted by molar-refractivity contribution is 0.310. The van der Waals surface area contributed by atoms with Gasteiger partial charge in [-0.15, -0.1) is 0 Å². The van der Waals surface area contributed by atoms with Crippen LogP contribution in [0.3, 0.4) is 0 Å². The Morgan fingerprint density at radius 3 is 2.55 bits per heavy atom. The lowest BCUT2D eigenvalue weighted by Gasteiger charge is -2.29. The highest BCUT2D eigenvalue weighted by molar-refractivity contribution is 7.89. The molecule has 1 aliphatic rings. The summed E-state index contributed by atoms with van der Waals surface area (Å²) in [6, 6.07) is 5.01. The van der Waals surface area contributed by atoms with Crippen LogP contribution in [0.5, 0.6) is 5.75 Å². The van der Waals surface area contributed by atoms with Gasteiger partial charge in [-0.3, -0.25) is 0 Å². The van der Waals surface area contributed by atoms with Gasteiger partial charge in [0.25, 0.3) is 0 Å². The van der Waals surface area contributed by atoms with Crippen LogP contribution < -0.4 is 9.46 Å². The first-order valence-electron chi connectivity index (χ1n) is 7.11. The smallest absolute Gasteiger partial charge is 0.240 e. The molecule has 1 fully saturated rings. The second-order valence-electron chi connectivity index (χ2n) is 5.62. The fourth-order valence-corrected chi connectivity index (χ4v) is 4.24. The number of ether oxygens (including phenoxy) is 1. The zero-order chi connectivity index (χ0) is 14.8. The van der Waals surface area contributed by atoms with Crippen molar-refractivity contribution < 1.29 is 13.2 Å². The minimum atomic E-state index is -3.45. The van der Waals surface area contributed by atoms with Crippen molar-refractivity contribution in [2.24, 2.45) is 5.92 Å². The molecule has 1 aromatic rings. The number of methoxy groups -OCH3 is 1. The van der Waals surface area contributed by atoms with Crippen molar-refractivity contribution in [3.63, 3.8) is 0 Å². The molecular weight excluding hydrogens is 274 g/mol. The van der Waals surface area contributed by atoms with Crippen LogP contribution in [0, 0.1) is 12.8 Å². The van der Waals surface area contributed by atoms with Crippen LogP contribution in [0.2, 0.25) is 0 Å². The molecule has 0 aliphatic heterocycles. The summed E-state index contributed by atoms with van der Waals surface area (Å²) in [5.74, 6) is 1.10. The van der Waals surface area contributed by atoms with Crippen LogP contribution in [0.25, 0.3) is 0 Å². The minimum absolute atomic E-state index is 0.0520. The maximum atomic E-state index is 12.4. The Bertz CT molecular complexity index is 568. The highest BCUT2D eigenvalue weighted by Gasteiger charge is 2.26. The zero-order valence-electron chi connectivity index (χ0n) is 12.3. The number of nitrogens with one attached hydrogen (secondary N) is 1. The molecule has 0 spiro atoms. The van der Waals surface area contributed by atoms with Crippen LogP contribution in [-0.2, 0) is 10.0 Å². The molecule has 2 atom stereocenters. The van der Waals surface area contributed by atoms with Crippen LogP contribution in [-0.4, -0.2) is 21.6 Å². The molecule has 0 bridgehead atoms. The van der Waals surface area contributed by atoms with Gasteiger partial charge in [0, 0.05) is 6.04 Å². The van der Waals surface area contributed by atoms with Gasteiger partial charge in [0.05, 0.1) is 12.0 Å². The number of sulfonamides is 1. The van der Waals surface area contributed by atoms with Crippen molar-refractivity contribution >= 4 is 10.0 Å². The van der Waals surface area contributed by atoms with Crippen molar-refractivity contribution in [2.75, 3.05) is 7.11 Å². The van der Waals surface area contributed by atoms with Gasteiger partial charge >= 0.3 is 0 Å². The molecule has 112 valence electrons. The summed E-state index contributed by atoms with van der Waals surface area (Å²) in [6.07, 6.45) is 4.31. The van der Waals surface area contributed by atoms with E-state index in [1.165, 1.54) is 6.42 Å². The summed E-state index contributed by atoms with van der Waals surface area (Å²) in [6.45, 7) is 3.96.